The first-order valence-corrected chi connectivity index (χ1v) is 11.6. The Hall–Kier alpha value is -1.52. The number of sulfonamides is 1. The summed E-state index contributed by atoms with van der Waals surface area (Å²) in [7, 11) is -3.49. The van der Waals surface area contributed by atoms with Crippen LogP contribution >= 0.6 is 22.9 Å². The van der Waals surface area contributed by atoms with Crippen LogP contribution in [0.2, 0.25) is 5.02 Å². The summed E-state index contributed by atoms with van der Waals surface area (Å²) >= 11 is 6.92. The van der Waals surface area contributed by atoms with Crippen molar-refractivity contribution in [2.45, 2.75) is 36.1 Å². The smallest absolute Gasteiger partial charge is 0.250 e. The van der Waals surface area contributed by atoms with Gasteiger partial charge in [-0.05, 0) is 49.4 Å². The van der Waals surface area contributed by atoms with Crippen molar-refractivity contribution < 1.29 is 17.6 Å². The van der Waals surface area contributed by atoms with E-state index in [9.17, 15) is 17.6 Å². The fraction of sp³-hybridized carbons (Fsp3) is 0.389. The molecule has 1 saturated heterocycles. The van der Waals surface area contributed by atoms with Gasteiger partial charge >= 0.3 is 0 Å². The Morgan fingerprint density at radius 3 is 2.64 bits per heavy atom. The lowest BCUT2D eigenvalue weighted by atomic mass is 10.0. The molecule has 1 fully saturated rings. The average Bonchev–Trinajstić information content (AvgIpc) is 3.20. The van der Waals surface area contributed by atoms with Crippen LogP contribution < -0.4 is 10.0 Å². The number of piperidine rings is 1. The molecule has 1 amide bonds. The lowest BCUT2D eigenvalue weighted by Gasteiger charge is -2.35. The zero-order valence-electron chi connectivity index (χ0n) is 15.2. The summed E-state index contributed by atoms with van der Waals surface area (Å²) in [5.74, 6) is -0.764. The average molecular weight is 446 g/mol. The third-order valence-electron chi connectivity index (χ3n) is 4.73. The molecule has 2 heterocycles. The standard InChI is InChI=1S/C18H21ClFN3O3S2/c1-12(18(24)21-14-4-5-16(20)15(19)11-14)23-8-6-13(7-9-23)22-28(25,26)17-3-2-10-27-17/h2-5,10-13,22H,6-9H2,1H3,(H,21,24)/t12-/m0/s1. The van der Waals surface area contributed by atoms with Gasteiger partial charge in [-0.1, -0.05) is 17.7 Å². The number of carbonyl (C=O) groups is 1. The van der Waals surface area contributed by atoms with Gasteiger partial charge < -0.3 is 5.32 Å². The van der Waals surface area contributed by atoms with Crippen LogP contribution in [0.4, 0.5) is 10.1 Å². The van der Waals surface area contributed by atoms with E-state index in [4.69, 9.17) is 11.6 Å². The molecule has 0 unspecified atom stereocenters. The first kappa shape index (κ1) is 21.2. The Morgan fingerprint density at radius 2 is 2.04 bits per heavy atom. The predicted octanol–water partition coefficient (Wildman–Crippen LogP) is 3.31. The largest absolute Gasteiger partial charge is 0.325 e. The Bertz CT molecular complexity index is 930. The van der Waals surface area contributed by atoms with E-state index < -0.39 is 21.9 Å². The molecule has 0 spiro atoms. The van der Waals surface area contributed by atoms with Crippen LogP contribution in [0.5, 0.6) is 0 Å². The number of hydrogen-bond donors (Lipinski definition) is 2. The second-order valence-corrected chi connectivity index (χ2v) is 9.95. The topological polar surface area (TPSA) is 78.5 Å². The van der Waals surface area contributed by atoms with Crippen LogP contribution in [0.15, 0.2) is 39.9 Å². The summed E-state index contributed by atoms with van der Waals surface area (Å²) < 4.78 is 40.9. The quantitative estimate of drug-likeness (QED) is 0.715. The van der Waals surface area contributed by atoms with Crippen molar-refractivity contribution in [2.24, 2.45) is 0 Å². The lowest BCUT2D eigenvalue weighted by molar-refractivity contribution is -0.121. The highest BCUT2D eigenvalue weighted by Gasteiger charge is 2.29. The summed E-state index contributed by atoms with van der Waals surface area (Å²) in [4.78, 5) is 14.5. The molecule has 1 aromatic heterocycles. The van der Waals surface area contributed by atoms with Crippen molar-refractivity contribution in [2.75, 3.05) is 18.4 Å². The zero-order valence-corrected chi connectivity index (χ0v) is 17.6. The Balaban J connectivity index is 1.52. The lowest BCUT2D eigenvalue weighted by Crippen LogP contribution is -2.50. The number of amides is 1. The maximum Gasteiger partial charge on any atom is 0.250 e. The number of hydrogen-bond acceptors (Lipinski definition) is 5. The van der Waals surface area contributed by atoms with Crippen molar-refractivity contribution in [3.8, 4) is 0 Å². The van der Waals surface area contributed by atoms with Gasteiger partial charge in [-0.15, -0.1) is 11.3 Å². The van der Waals surface area contributed by atoms with E-state index in [1.807, 2.05) is 4.90 Å². The molecule has 0 aliphatic carbocycles. The molecule has 2 aromatic rings. The molecule has 2 N–H and O–H groups in total. The molecule has 0 bridgehead atoms. The number of nitrogens with zero attached hydrogens (tertiary/aromatic N) is 1. The van der Waals surface area contributed by atoms with E-state index in [2.05, 4.69) is 10.0 Å². The zero-order chi connectivity index (χ0) is 20.3. The molecular formula is C18H21ClFN3O3S2. The molecular weight excluding hydrogens is 425 g/mol. The summed E-state index contributed by atoms with van der Waals surface area (Å²) in [5.41, 5.74) is 0.432. The number of rotatable bonds is 6. The molecule has 10 heteroatoms. The minimum Gasteiger partial charge on any atom is -0.325 e. The second-order valence-electron chi connectivity index (χ2n) is 6.66. The highest BCUT2D eigenvalue weighted by Crippen LogP contribution is 2.22. The Labute approximate surface area is 172 Å². The number of thiophene rings is 1. The van der Waals surface area contributed by atoms with Crippen molar-refractivity contribution in [1.29, 1.82) is 0 Å². The van der Waals surface area contributed by atoms with Crippen LogP contribution in [0, 0.1) is 5.82 Å². The summed E-state index contributed by atoms with van der Waals surface area (Å²) in [6.45, 7) is 2.98. The molecule has 28 heavy (non-hydrogen) atoms. The van der Waals surface area contributed by atoms with E-state index in [-0.39, 0.29) is 17.0 Å². The molecule has 0 saturated carbocycles. The minimum absolute atomic E-state index is 0.0516. The molecule has 3 rings (SSSR count). The van der Waals surface area contributed by atoms with Gasteiger partial charge in [-0.2, -0.15) is 0 Å². The number of anilines is 1. The fourth-order valence-electron chi connectivity index (χ4n) is 3.08. The number of benzene rings is 1. The van der Waals surface area contributed by atoms with Gasteiger partial charge in [-0.3, -0.25) is 9.69 Å². The third kappa shape index (κ3) is 5.09. The summed E-state index contributed by atoms with van der Waals surface area (Å²) in [5, 5.41) is 4.41. The highest BCUT2D eigenvalue weighted by molar-refractivity contribution is 7.91. The molecule has 6 nitrogen and oxygen atoms in total. The summed E-state index contributed by atoms with van der Waals surface area (Å²) in [6, 6.07) is 6.75. The maximum atomic E-state index is 13.2. The monoisotopic (exact) mass is 445 g/mol. The Morgan fingerprint density at radius 1 is 1.32 bits per heavy atom. The predicted molar refractivity (Wildman–Crippen MR) is 109 cm³/mol. The van der Waals surface area contributed by atoms with Crippen molar-refractivity contribution in [3.63, 3.8) is 0 Å². The van der Waals surface area contributed by atoms with Crippen LogP contribution in [-0.2, 0) is 14.8 Å². The number of likely N-dealkylation sites (tertiary alicyclic amines) is 1. The first-order chi connectivity index (χ1) is 13.3. The van der Waals surface area contributed by atoms with Gasteiger partial charge in [0, 0.05) is 24.8 Å². The van der Waals surface area contributed by atoms with Gasteiger partial charge in [0.1, 0.15) is 10.0 Å². The molecule has 1 aliphatic heterocycles. The van der Waals surface area contributed by atoms with Crippen molar-refractivity contribution >= 4 is 44.6 Å². The van der Waals surface area contributed by atoms with Gasteiger partial charge in [0.25, 0.3) is 0 Å². The van der Waals surface area contributed by atoms with Gasteiger partial charge in [-0.25, -0.2) is 17.5 Å². The van der Waals surface area contributed by atoms with Gasteiger partial charge in [0.2, 0.25) is 15.9 Å². The minimum atomic E-state index is -3.49. The number of halogens is 2. The van der Waals surface area contributed by atoms with E-state index in [0.29, 0.717) is 35.8 Å². The van der Waals surface area contributed by atoms with Gasteiger partial charge in [0.15, 0.2) is 0 Å². The molecule has 1 atom stereocenters. The highest BCUT2D eigenvalue weighted by atomic mass is 35.5. The molecule has 1 aliphatic rings. The van der Waals surface area contributed by atoms with Crippen LogP contribution in [0.3, 0.4) is 0 Å². The van der Waals surface area contributed by atoms with Crippen molar-refractivity contribution in [1.82, 2.24) is 9.62 Å². The normalized spacial score (nSPS) is 17.4. The maximum absolute atomic E-state index is 13.2. The van der Waals surface area contributed by atoms with Crippen LogP contribution in [0.1, 0.15) is 19.8 Å². The second kappa shape index (κ2) is 8.87. The van der Waals surface area contributed by atoms with E-state index in [1.165, 1.54) is 29.5 Å². The number of carbonyl (C=O) groups excluding carboxylic acids is 1. The van der Waals surface area contributed by atoms with Crippen LogP contribution in [-0.4, -0.2) is 44.4 Å². The molecule has 1 aromatic carbocycles. The molecule has 0 radical (unpaired) electrons. The van der Waals surface area contributed by atoms with Crippen LogP contribution in [0.25, 0.3) is 0 Å². The molecule has 152 valence electrons. The Kier molecular flexibility index (Phi) is 6.72. The van der Waals surface area contributed by atoms with E-state index in [1.54, 1.807) is 24.4 Å². The van der Waals surface area contributed by atoms with E-state index in [0.717, 1.165) is 0 Å². The number of nitrogens with one attached hydrogen (secondary N) is 2. The fourth-order valence-corrected chi connectivity index (χ4v) is 5.58. The van der Waals surface area contributed by atoms with Gasteiger partial charge in [0.05, 0.1) is 11.1 Å². The van der Waals surface area contributed by atoms with Crippen molar-refractivity contribution in [3.05, 3.63) is 46.6 Å². The first-order valence-electron chi connectivity index (χ1n) is 8.82. The summed E-state index contributed by atoms with van der Waals surface area (Å²) in [6.07, 6.45) is 1.23. The van der Waals surface area contributed by atoms with E-state index >= 15 is 0 Å². The SMILES string of the molecule is C[C@@H](C(=O)Nc1ccc(F)c(Cl)c1)N1CCC(NS(=O)(=O)c2cccs2)CC1. The third-order valence-corrected chi connectivity index (χ3v) is 7.93.